The number of hydrogen-bond donors (Lipinski definition) is 1. The maximum atomic E-state index is 10.8. The van der Waals surface area contributed by atoms with Crippen LogP contribution in [0.3, 0.4) is 0 Å². The van der Waals surface area contributed by atoms with E-state index in [1.165, 1.54) is 0 Å². The molecule has 0 aliphatic carbocycles. The van der Waals surface area contributed by atoms with Gasteiger partial charge in [0.25, 0.3) is 0 Å². The van der Waals surface area contributed by atoms with Crippen LogP contribution in [0.25, 0.3) is 0 Å². The third kappa shape index (κ3) is 3.76. The van der Waals surface area contributed by atoms with E-state index in [1.54, 1.807) is 18.2 Å². The fraction of sp³-hybridized carbons (Fsp3) is 0.250. The van der Waals surface area contributed by atoms with Gasteiger partial charge in [-0.05, 0) is 30.2 Å². The fourth-order valence-electron chi connectivity index (χ4n) is 1.13. The number of sulfonamides is 1. The summed E-state index contributed by atoms with van der Waals surface area (Å²) < 4.78 is 21.5. The summed E-state index contributed by atoms with van der Waals surface area (Å²) in [6.45, 7) is 1.85. The largest absolute Gasteiger partial charge is 0.228 e. The van der Waals surface area contributed by atoms with Crippen molar-refractivity contribution in [1.29, 1.82) is 0 Å². The van der Waals surface area contributed by atoms with Crippen molar-refractivity contribution in [2.24, 2.45) is 5.14 Å². The molecule has 0 unspecified atom stereocenters. The highest BCUT2D eigenvalue weighted by atomic mass is 35.5. The molecule has 72 valence electrons. The SMILES string of the molecule is Cc1cc(Cl)cc(CS(N)(=O)=O)c1. The Bertz CT molecular complexity index is 394. The van der Waals surface area contributed by atoms with Gasteiger partial charge in [0.2, 0.25) is 10.0 Å². The Balaban J connectivity index is 3.03. The molecule has 13 heavy (non-hydrogen) atoms. The first kappa shape index (κ1) is 10.5. The summed E-state index contributed by atoms with van der Waals surface area (Å²) in [5, 5.41) is 5.42. The number of aryl methyl sites for hydroxylation is 1. The van der Waals surface area contributed by atoms with Gasteiger partial charge in [-0.2, -0.15) is 0 Å². The van der Waals surface area contributed by atoms with Gasteiger partial charge in [0.15, 0.2) is 0 Å². The van der Waals surface area contributed by atoms with Crippen molar-refractivity contribution in [2.45, 2.75) is 12.7 Å². The Morgan fingerprint density at radius 2 is 2.00 bits per heavy atom. The van der Waals surface area contributed by atoms with Gasteiger partial charge < -0.3 is 0 Å². The van der Waals surface area contributed by atoms with E-state index in [2.05, 4.69) is 0 Å². The summed E-state index contributed by atoms with van der Waals surface area (Å²) in [7, 11) is -3.47. The Kier molecular flexibility index (Phi) is 2.95. The molecular weight excluding hydrogens is 210 g/mol. The highest BCUT2D eigenvalue weighted by molar-refractivity contribution is 7.88. The van der Waals surface area contributed by atoms with Gasteiger partial charge in [0.05, 0.1) is 5.75 Å². The Morgan fingerprint density at radius 3 is 2.46 bits per heavy atom. The molecule has 0 spiro atoms. The van der Waals surface area contributed by atoms with Crippen molar-refractivity contribution in [3.8, 4) is 0 Å². The monoisotopic (exact) mass is 219 g/mol. The molecule has 0 heterocycles. The summed E-state index contributed by atoms with van der Waals surface area (Å²) in [6, 6.07) is 5.10. The molecule has 0 saturated heterocycles. The molecule has 0 amide bonds. The Morgan fingerprint density at radius 1 is 1.38 bits per heavy atom. The molecule has 0 bridgehead atoms. The van der Waals surface area contributed by atoms with Crippen molar-refractivity contribution >= 4 is 21.6 Å². The van der Waals surface area contributed by atoms with Crippen LogP contribution >= 0.6 is 11.6 Å². The molecule has 2 N–H and O–H groups in total. The number of benzene rings is 1. The zero-order valence-electron chi connectivity index (χ0n) is 7.12. The van der Waals surface area contributed by atoms with E-state index in [0.29, 0.717) is 10.6 Å². The van der Waals surface area contributed by atoms with E-state index < -0.39 is 10.0 Å². The van der Waals surface area contributed by atoms with Gasteiger partial charge in [0, 0.05) is 5.02 Å². The van der Waals surface area contributed by atoms with E-state index in [4.69, 9.17) is 16.7 Å². The lowest BCUT2D eigenvalue weighted by molar-refractivity contribution is 0.597. The molecule has 0 radical (unpaired) electrons. The smallest absolute Gasteiger partial charge is 0.213 e. The quantitative estimate of drug-likeness (QED) is 0.818. The molecule has 1 rings (SSSR count). The van der Waals surface area contributed by atoms with E-state index >= 15 is 0 Å². The Hall–Kier alpha value is -0.580. The minimum absolute atomic E-state index is 0.172. The standard InChI is InChI=1S/C8H10ClNO2S/c1-6-2-7(4-8(9)3-6)5-13(10,11)12/h2-4H,5H2,1H3,(H2,10,11,12). The summed E-state index contributed by atoms with van der Waals surface area (Å²) in [6.07, 6.45) is 0. The minimum Gasteiger partial charge on any atom is -0.228 e. The number of nitrogens with two attached hydrogens (primary N) is 1. The van der Waals surface area contributed by atoms with Gasteiger partial charge in [-0.25, -0.2) is 13.6 Å². The predicted molar refractivity (Wildman–Crippen MR) is 53.0 cm³/mol. The minimum atomic E-state index is -3.47. The third-order valence-corrected chi connectivity index (χ3v) is 2.42. The molecule has 0 aliphatic heterocycles. The highest BCUT2D eigenvalue weighted by Gasteiger charge is 2.05. The van der Waals surface area contributed by atoms with Crippen LogP contribution in [-0.4, -0.2) is 8.42 Å². The second-order valence-electron chi connectivity index (χ2n) is 2.94. The van der Waals surface area contributed by atoms with Crippen LogP contribution in [0.5, 0.6) is 0 Å². The maximum absolute atomic E-state index is 10.8. The van der Waals surface area contributed by atoms with Crippen LogP contribution in [0.1, 0.15) is 11.1 Å². The second-order valence-corrected chi connectivity index (χ2v) is 4.99. The topological polar surface area (TPSA) is 60.2 Å². The molecule has 5 heteroatoms. The van der Waals surface area contributed by atoms with Gasteiger partial charge in [-0.3, -0.25) is 0 Å². The van der Waals surface area contributed by atoms with Crippen LogP contribution < -0.4 is 5.14 Å². The maximum Gasteiger partial charge on any atom is 0.213 e. The lowest BCUT2D eigenvalue weighted by Gasteiger charge is -2.01. The normalized spacial score (nSPS) is 11.6. The van der Waals surface area contributed by atoms with Crippen LogP contribution in [0, 0.1) is 6.92 Å². The summed E-state index contributed by atoms with van der Waals surface area (Å²) in [5.74, 6) is -0.172. The van der Waals surface area contributed by atoms with Crippen molar-refractivity contribution < 1.29 is 8.42 Å². The predicted octanol–water partition coefficient (Wildman–Crippen LogP) is 1.44. The number of rotatable bonds is 2. The fourth-order valence-corrected chi connectivity index (χ4v) is 2.07. The van der Waals surface area contributed by atoms with Crippen molar-refractivity contribution in [1.82, 2.24) is 0 Å². The van der Waals surface area contributed by atoms with Gasteiger partial charge in [-0.15, -0.1) is 0 Å². The van der Waals surface area contributed by atoms with Crippen molar-refractivity contribution in [2.75, 3.05) is 0 Å². The highest BCUT2D eigenvalue weighted by Crippen LogP contribution is 2.15. The molecule has 0 fully saturated rings. The first-order chi connectivity index (χ1) is 5.87. The van der Waals surface area contributed by atoms with Crippen LogP contribution in [-0.2, 0) is 15.8 Å². The molecule has 0 atom stereocenters. The second kappa shape index (κ2) is 3.65. The average molecular weight is 220 g/mol. The van der Waals surface area contributed by atoms with Crippen LogP contribution in [0.2, 0.25) is 5.02 Å². The molecule has 0 aromatic heterocycles. The van der Waals surface area contributed by atoms with E-state index in [0.717, 1.165) is 5.56 Å². The van der Waals surface area contributed by atoms with Gasteiger partial charge in [0.1, 0.15) is 0 Å². The first-order valence-corrected chi connectivity index (χ1v) is 5.73. The molecule has 1 aromatic carbocycles. The summed E-state index contributed by atoms with van der Waals surface area (Å²) in [4.78, 5) is 0. The van der Waals surface area contributed by atoms with Gasteiger partial charge >= 0.3 is 0 Å². The lowest BCUT2D eigenvalue weighted by Crippen LogP contribution is -2.14. The molecule has 1 aromatic rings. The zero-order chi connectivity index (χ0) is 10.1. The van der Waals surface area contributed by atoms with Crippen LogP contribution in [0.4, 0.5) is 0 Å². The van der Waals surface area contributed by atoms with E-state index in [9.17, 15) is 8.42 Å². The number of hydrogen-bond acceptors (Lipinski definition) is 2. The molecule has 0 saturated carbocycles. The summed E-state index contributed by atoms with van der Waals surface area (Å²) in [5.41, 5.74) is 1.54. The Labute approximate surface area is 82.6 Å². The van der Waals surface area contributed by atoms with E-state index in [1.807, 2.05) is 6.92 Å². The molecular formula is C8H10ClNO2S. The van der Waals surface area contributed by atoms with Crippen molar-refractivity contribution in [3.63, 3.8) is 0 Å². The average Bonchev–Trinajstić information content (AvgIpc) is 1.78. The first-order valence-electron chi connectivity index (χ1n) is 3.63. The lowest BCUT2D eigenvalue weighted by atomic mass is 10.2. The number of primary sulfonamides is 1. The van der Waals surface area contributed by atoms with Gasteiger partial charge in [-0.1, -0.05) is 17.7 Å². The van der Waals surface area contributed by atoms with E-state index in [-0.39, 0.29) is 5.75 Å². The number of halogens is 1. The zero-order valence-corrected chi connectivity index (χ0v) is 8.69. The summed E-state index contributed by atoms with van der Waals surface area (Å²) >= 11 is 5.74. The van der Waals surface area contributed by atoms with Crippen LogP contribution in [0.15, 0.2) is 18.2 Å². The third-order valence-electron chi connectivity index (χ3n) is 1.47. The molecule has 3 nitrogen and oxygen atoms in total. The molecule has 0 aliphatic rings. The van der Waals surface area contributed by atoms with Crippen molar-refractivity contribution in [3.05, 3.63) is 34.3 Å².